The van der Waals surface area contributed by atoms with Crippen molar-refractivity contribution in [3.8, 4) is 0 Å². The molecule has 0 saturated carbocycles. The molecule has 1 fully saturated rings. The normalized spacial score (nSPS) is 19.1. The standard InChI is InChI=1S/C24H31N5O10S/c1-23(2,3)38-12(30)10-36-21(33)11-8-9-40-20-15(19(32)29(11)20)26-17(31)14(28-35-7)13-16(25)37-18(27-13)22(34)39-24(4,5)6/h8,15,20H,9-10,25H2,1-7H3,(H,26,31)/b28-14-/t15-,20-/m1/s1. The second-order valence-corrected chi connectivity index (χ2v) is 11.6. The van der Waals surface area contributed by atoms with Gasteiger partial charge in [0, 0.05) is 5.75 Å². The zero-order valence-electron chi connectivity index (χ0n) is 23.1. The highest BCUT2D eigenvalue weighted by Crippen LogP contribution is 2.38. The molecule has 0 aliphatic carbocycles. The lowest BCUT2D eigenvalue weighted by atomic mass is 10.0. The fourth-order valence-electron chi connectivity index (χ4n) is 3.50. The molecule has 0 radical (unpaired) electrons. The topological polar surface area (TPSA) is 202 Å². The van der Waals surface area contributed by atoms with Crippen LogP contribution in [0.2, 0.25) is 0 Å². The summed E-state index contributed by atoms with van der Waals surface area (Å²) in [4.78, 5) is 72.7. The Labute approximate surface area is 233 Å². The van der Waals surface area contributed by atoms with Gasteiger partial charge in [0.15, 0.2) is 18.0 Å². The SMILES string of the molecule is CO/N=C(\C(=O)N[C@@H]1C(=O)N2C(C(=O)OCC(=O)OC(C)(C)C)=CCS[C@H]12)c1nc(C(=O)OC(C)(C)C)oc1N. The molecule has 15 nitrogen and oxygen atoms in total. The summed E-state index contributed by atoms with van der Waals surface area (Å²) < 4.78 is 20.5. The van der Waals surface area contributed by atoms with E-state index < -0.39 is 76.4 Å². The van der Waals surface area contributed by atoms with Crippen molar-refractivity contribution in [2.45, 2.75) is 64.2 Å². The Kier molecular flexibility index (Phi) is 8.81. The second kappa shape index (κ2) is 11.6. The Morgan fingerprint density at radius 2 is 1.80 bits per heavy atom. The van der Waals surface area contributed by atoms with E-state index in [9.17, 15) is 24.0 Å². The molecule has 1 aromatic heterocycles. The van der Waals surface area contributed by atoms with Crippen LogP contribution in [0.5, 0.6) is 0 Å². The fraction of sp³-hybridized carbons (Fsp3) is 0.542. The van der Waals surface area contributed by atoms with Gasteiger partial charge in [-0.25, -0.2) is 14.4 Å². The number of carbonyl (C=O) groups excluding carboxylic acids is 5. The molecule has 1 aromatic rings. The minimum absolute atomic E-state index is 0.0589. The Bertz CT molecular complexity index is 1270. The lowest BCUT2D eigenvalue weighted by Gasteiger charge is -2.48. The number of nitrogen functional groups attached to an aromatic ring is 1. The maximum absolute atomic E-state index is 13.1. The average Bonchev–Trinajstić information content (AvgIpc) is 3.22. The molecule has 218 valence electrons. The van der Waals surface area contributed by atoms with Crippen LogP contribution in [0.15, 0.2) is 21.3 Å². The van der Waals surface area contributed by atoms with E-state index in [4.69, 9.17) is 29.2 Å². The van der Waals surface area contributed by atoms with Gasteiger partial charge in [-0.3, -0.25) is 14.5 Å². The maximum atomic E-state index is 13.1. The monoisotopic (exact) mass is 581 g/mol. The van der Waals surface area contributed by atoms with Crippen LogP contribution in [0.3, 0.4) is 0 Å². The highest BCUT2D eigenvalue weighted by molar-refractivity contribution is 8.00. The lowest BCUT2D eigenvalue weighted by molar-refractivity contribution is -0.166. The van der Waals surface area contributed by atoms with Crippen LogP contribution in [0.25, 0.3) is 0 Å². The third-order valence-corrected chi connectivity index (χ3v) is 6.12. The molecular formula is C24H31N5O10S. The predicted molar refractivity (Wildman–Crippen MR) is 140 cm³/mol. The first-order valence-corrected chi connectivity index (χ1v) is 13.0. The van der Waals surface area contributed by atoms with E-state index in [1.165, 1.54) is 24.9 Å². The maximum Gasteiger partial charge on any atom is 0.395 e. The highest BCUT2D eigenvalue weighted by atomic mass is 32.2. The second-order valence-electron chi connectivity index (χ2n) is 10.5. The van der Waals surface area contributed by atoms with Gasteiger partial charge in [-0.1, -0.05) is 5.16 Å². The number of carbonyl (C=O) groups is 5. The number of anilines is 1. The number of aromatic nitrogens is 1. The number of hydrogen-bond acceptors (Lipinski definition) is 14. The minimum atomic E-state index is -1.06. The molecule has 3 heterocycles. The number of hydrogen-bond donors (Lipinski definition) is 2. The van der Waals surface area contributed by atoms with E-state index >= 15 is 0 Å². The van der Waals surface area contributed by atoms with Crippen molar-refractivity contribution in [2.24, 2.45) is 5.16 Å². The van der Waals surface area contributed by atoms with Crippen molar-refractivity contribution in [1.29, 1.82) is 0 Å². The molecule has 0 unspecified atom stereocenters. The number of rotatable bonds is 8. The molecule has 16 heteroatoms. The van der Waals surface area contributed by atoms with Crippen molar-refractivity contribution < 1.29 is 47.4 Å². The van der Waals surface area contributed by atoms with Crippen molar-refractivity contribution in [1.82, 2.24) is 15.2 Å². The van der Waals surface area contributed by atoms with Crippen molar-refractivity contribution in [3.05, 3.63) is 23.4 Å². The molecule has 2 atom stereocenters. The number of oxazole rings is 1. The van der Waals surface area contributed by atoms with Crippen LogP contribution in [0.1, 0.15) is 57.9 Å². The van der Waals surface area contributed by atoms with Gasteiger partial charge in [0.1, 0.15) is 35.4 Å². The van der Waals surface area contributed by atoms with Crippen molar-refractivity contribution in [2.75, 3.05) is 25.2 Å². The first kappa shape index (κ1) is 30.5. The first-order valence-electron chi connectivity index (χ1n) is 12.0. The molecule has 0 bridgehead atoms. The Hall–Kier alpha value is -4.08. The molecule has 2 aliphatic heterocycles. The van der Waals surface area contributed by atoms with Crippen molar-refractivity contribution in [3.63, 3.8) is 0 Å². The van der Waals surface area contributed by atoms with Crippen LogP contribution < -0.4 is 11.1 Å². The van der Waals surface area contributed by atoms with E-state index in [1.54, 1.807) is 41.5 Å². The summed E-state index contributed by atoms with van der Waals surface area (Å²) >= 11 is 1.28. The van der Waals surface area contributed by atoms with Crippen LogP contribution >= 0.6 is 11.8 Å². The molecule has 40 heavy (non-hydrogen) atoms. The van der Waals surface area contributed by atoms with Crippen molar-refractivity contribution >= 4 is 53.1 Å². The zero-order chi connectivity index (χ0) is 30.0. The van der Waals surface area contributed by atoms with E-state index in [0.29, 0.717) is 5.75 Å². The van der Waals surface area contributed by atoms with Crippen LogP contribution in [0, 0.1) is 0 Å². The number of oxime groups is 1. The molecule has 1 saturated heterocycles. The molecule has 2 aliphatic rings. The minimum Gasteiger partial charge on any atom is -0.457 e. The third-order valence-electron chi connectivity index (χ3n) is 4.93. The number of ether oxygens (including phenoxy) is 3. The summed E-state index contributed by atoms with van der Waals surface area (Å²) in [5, 5.41) is 5.51. The molecule has 3 N–H and O–H groups in total. The lowest BCUT2D eigenvalue weighted by Crippen LogP contribution is -2.70. The number of thioether (sulfide) groups is 1. The largest absolute Gasteiger partial charge is 0.457 e. The number of β-lactam (4-membered cyclic amide) rings is 1. The Balaban J connectivity index is 1.69. The van der Waals surface area contributed by atoms with Gasteiger partial charge < -0.3 is 34.5 Å². The quantitative estimate of drug-likeness (QED) is 0.143. The number of nitrogens with zero attached hydrogens (tertiary/aromatic N) is 3. The summed E-state index contributed by atoms with van der Waals surface area (Å²) in [6, 6.07) is -1.06. The zero-order valence-corrected chi connectivity index (χ0v) is 23.9. The Morgan fingerprint density at radius 1 is 1.15 bits per heavy atom. The van der Waals surface area contributed by atoms with Gasteiger partial charge in [-0.05, 0) is 47.6 Å². The molecule has 2 amide bonds. The summed E-state index contributed by atoms with van der Waals surface area (Å²) in [6.45, 7) is 9.32. The number of fused-ring (bicyclic) bond motifs is 1. The fourth-order valence-corrected chi connectivity index (χ4v) is 4.70. The number of esters is 3. The summed E-state index contributed by atoms with van der Waals surface area (Å²) in [7, 11) is 1.17. The summed E-state index contributed by atoms with van der Waals surface area (Å²) in [5.74, 6) is -4.64. The van der Waals surface area contributed by atoms with E-state index in [2.05, 4.69) is 15.5 Å². The van der Waals surface area contributed by atoms with Gasteiger partial charge in [0.2, 0.25) is 5.88 Å². The number of amides is 2. The predicted octanol–water partition coefficient (Wildman–Crippen LogP) is 0.731. The van der Waals surface area contributed by atoms with Gasteiger partial charge >= 0.3 is 23.8 Å². The molecule has 0 aromatic carbocycles. The van der Waals surface area contributed by atoms with E-state index in [1.807, 2.05) is 0 Å². The smallest absolute Gasteiger partial charge is 0.395 e. The molecular weight excluding hydrogens is 550 g/mol. The van der Waals surface area contributed by atoms with Gasteiger partial charge in [-0.15, -0.1) is 11.8 Å². The number of nitrogens with one attached hydrogen (secondary N) is 1. The van der Waals surface area contributed by atoms with Crippen LogP contribution in [-0.4, -0.2) is 87.4 Å². The van der Waals surface area contributed by atoms with Gasteiger partial charge in [0.05, 0.1) is 0 Å². The van der Waals surface area contributed by atoms with E-state index in [0.717, 1.165) is 4.90 Å². The highest BCUT2D eigenvalue weighted by Gasteiger charge is 2.53. The Morgan fingerprint density at radius 3 is 2.40 bits per heavy atom. The average molecular weight is 582 g/mol. The molecule has 0 spiro atoms. The first-order chi connectivity index (χ1) is 18.5. The third kappa shape index (κ3) is 7.11. The molecule has 3 rings (SSSR count). The van der Waals surface area contributed by atoms with Crippen LogP contribution in [-0.2, 0) is 38.2 Å². The summed E-state index contributed by atoms with van der Waals surface area (Å²) in [6.07, 6.45) is 1.49. The van der Waals surface area contributed by atoms with Crippen LogP contribution in [0.4, 0.5) is 5.88 Å². The van der Waals surface area contributed by atoms with Gasteiger partial charge in [-0.2, -0.15) is 4.98 Å². The number of nitrogens with two attached hydrogens (primary N) is 1. The van der Waals surface area contributed by atoms with Gasteiger partial charge in [0.25, 0.3) is 11.8 Å². The van der Waals surface area contributed by atoms with E-state index in [-0.39, 0.29) is 11.4 Å². The summed E-state index contributed by atoms with van der Waals surface area (Å²) in [5.41, 5.74) is 3.42.